The SMILES string of the molecule is Cc1ccc(COc2cc3c(cc2C=O)OCO3)c(Cl)c1. The average Bonchev–Trinajstić information content (AvgIpc) is 2.92. The van der Waals surface area contributed by atoms with Gasteiger partial charge in [-0.3, -0.25) is 4.79 Å². The number of halogens is 1. The minimum Gasteiger partial charge on any atom is -0.488 e. The van der Waals surface area contributed by atoms with Gasteiger partial charge in [-0.15, -0.1) is 0 Å². The maximum atomic E-state index is 11.1. The highest BCUT2D eigenvalue weighted by Gasteiger charge is 2.18. The van der Waals surface area contributed by atoms with Crippen LogP contribution in [0.3, 0.4) is 0 Å². The fourth-order valence-corrected chi connectivity index (χ4v) is 2.37. The van der Waals surface area contributed by atoms with Gasteiger partial charge in [0.15, 0.2) is 17.8 Å². The summed E-state index contributed by atoms with van der Waals surface area (Å²) in [4.78, 5) is 11.1. The number of hydrogen-bond acceptors (Lipinski definition) is 4. The van der Waals surface area contributed by atoms with E-state index in [4.69, 9.17) is 25.8 Å². The summed E-state index contributed by atoms with van der Waals surface area (Å²) in [6.45, 7) is 2.40. The van der Waals surface area contributed by atoms with Gasteiger partial charge in [0.1, 0.15) is 12.4 Å². The third-order valence-corrected chi connectivity index (χ3v) is 3.58. The molecule has 2 aromatic carbocycles. The second-order valence-corrected chi connectivity index (χ2v) is 5.15. The molecule has 21 heavy (non-hydrogen) atoms. The van der Waals surface area contributed by atoms with Gasteiger partial charge in [0.05, 0.1) is 5.56 Å². The minimum absolute atomic E-state index is 0.154. The molecule has 5 heteroatoms. The molecule has 2 aromatic rings. The van der Waals surface area contributed by atoms with Gasteiger partial charge in [-0.1, -0.05) is 23.7 Å². The maximum absolute atomic E-state index is 11.1. The number of carbonyl (C=O) groups is 1. The summed E-state index contributed by atoms with van der Waals surface area (Å²) in [5.41, 5.74) is 2.36. The van der Waals surface area contributed by atoms with Gasteiger partial charge < -0.3 is 14.2 Å². The third kappa shape index (κ3) is 2.81. The number of ether oxygens (including phenoxy) is 3. The van der Waals surface area contributed by atoms with Gasteiger partial charge in [0.25, 0.3) is 0 Å². The highest BCUT2D eigenvalue weighted by molar-refractivity contribution is 6.31. The predicted molar refractivity (Wildman–Crippen MR) is 78.5 cm³/mol. The molecule has 0 aromatic heterocycles. The Kier molecular flexibility index (Phi) is 3.71. The summed E-state index contributed by atoms with van der Waals surface area (Å²) in [5.74, 6) is 1.58. The lowest BCUT2D eigenvalue weighted by Crippen LogP contribution is -1.99. The van der Waals surface area contributed by atoms with Crippen molar-refractivity contribution >= 4 is 17.9 Å². The van der Waals surface area contributed by atoms with Crippen LogP contribution in [0.1, 0.15) is 21.5 Å². The Labute approximate surface area is 127 Å². The van der Waals surface area contributed by atoms with Crippen molar-refractivity contribution in [2.45, 2.75) is 13.5 Å². The number of benzene rings is 2. The van der Waals surface area contributed by atoms with Crippen LogP contribution in [0.5, 0.6) is 17.2 Å². The van der Waals surface area contributed by atoms with Gasteiger partial charge in [-0.25, -0.2) is 0 Å². The largest absolute Gasteiger partial charge is 0.488 e. The van der Waals surface area contributed by atoms with E-state index in [-0.39, 0.29) is 13.4 Å². The van der Waals surface area contributed by atoms with Crippen LogP contribution in [0.15, 0.2) is 30.3 Å². The maximum Gasteiger partial charge on any atom is 0.231 e. The Morgan fingerprint density at radius 2 is 2.00 bits per heavy atom. The molecule has 4 nitrogen and oxygen atoms in total. The van der Waals surface area contributed by atoms with Gasteiger partial charge in [-0.05, 0) is 24.6 Å². The molecule has 0 radical (unpaired) electrons. The molecule has 1 heterocycles. The van der Waals surface area contributed by atoms with E-state index in [1.165, 1.54) is 0 Å². The Balaban J connectivity index is 1.83. The van der Waals surface area contributed by atoms with E-state index in [0.29, 0.717) is 27.8 Å². The molecule has 1 aliphatic heterocycles. The average molecular weight is 305 g/mol. The van der Waals surface area contributed by atoms with Gasteiger partial charge >= 0.3 is 0 Å². The van der Waals surface area contributed by atoms with Crippen molar-refractivity contribution in [2.24, 2.45) is 0 Å². The number of hydrogen-bond donors (Lipinski definition) is 0. The summed E-state index contributed by atoms with van der Waals surface area (Å²) in [7, 11) is 0. The number of aldehydes is 1. The van der Waals surface area contributed by atoms with E-state index < -0.39 is 0 Å². The van der Waals surface area contributed by atoms with E-state index in [0.717, 1.165) is 17.4 Å². The van der Waals surface area contributed by atoms with E-state index >= 15 is 0 Å². The first-order chi connectivity index (χ1) is 10.2. The topological polar surface area (TPSA) is 44.8 Å². The molecule has 0 N–H and O–H groups in total. The summed E-state index contributed by atoms with van der Waals surface area (Å²) in [5, 5.41) is 0.642. The van der Waals surface area contributed by atoms with Gasteiger partial charge in [-0.2, -0.15) is 0 Å². The van der Waals surface area contributed by atoms with E-state index in [2.05, 4.69) is 0 Å². The van der Waals surface area contributed by atoms with Crippen molar-refractivity contribution in [3.8, 4) is 17.2 Å². The lowest BCUT2D eigenvalue weighted by atomic mass is 10.1. The Bertz CT molecular complexity index is 697. The minimum atomic E-state index is 0.154. The fraction of sp³-hybridized carbons (Fsp3) is 0.188. The zero-order chi connectivity index (χ0) is 14.8. The van der Waals surface area contributed by atoms with Crippen LogP contribution in [-0.2, 0) is 6.61 Å². The van der Waals surface area contributed by atoms with Crippen molar-refractivity contribution in [2.75, 3.05) is 6.79 Å². The lowest BCUT2D eigenvalue weighted by Gasteiger charge is -2.11. The number of carbonyl (C=O) groups excluding carboxylic acids is 1. The van der Waals surface area contributed by atoms with Crippen LogP contribution in [0.4, 0.5) is 0 Å². The molecule has 0 spiro atoms. The zero-order valence-corrected chi connectivity index (χ0v) is 12.1. The molecule has 0 bridgehead atoms. The predicted octanol–water partition coefficient (Wildman–Crippen LogP) is 3.77. The number of rotatable bonds is 4. The molecular formula is C16H13ClO4. The number of aryl methyl sites for hydroxylation is 1. The highest BCUT2D eigenvalue weighted by atomic mass is 35.5. The Hall–Kier alpha value is -2.20. The second kappa shape index (κ2) is 5.66. The molecule has 0 aliphatic carbocycles. The van der Waals surface area contributed by atoms with Crippen molar-refractivity contribution in [3.63, 3.8) is 0 Å². The van der Waals surface area contributed by atoms with E-state index in [1.54, 1.807) is 12.1 Å². The van der Waals surface area contributed by atoms with E-state index in [9.17, 15) is 4.79 Å². The summed E-state index contributed by atoms with van der Waals surface area (Å²) < 4.78 is 16.2. The molecule has 0 unspecified atom stereocenters. The molecule has 1 aliphatic rings. The zero-order valence-electron chi connectivity index (χ0n) is 11.4. The summed E-state index contributed by atoms with van der Waals surface area (Å²) in [6, 6.07) is 9.02. The fourth-order valence-electron chi connectivity index (χ4n) is 2.08. The molecular weight excluding hydrogens is 292 g/mol. The van der Waals surface area contributed by atoms with Crippen LogP contribution >= 0.6 is 11.6 Å². The standard InChI is InChI=1S/C16H13ClO4/c1-10-2-3-11(13(17)4-10)8-19-14-6-16-15(20-9-21-16)5-12(14)7-18/h2-7H,8-9H2,1H3. The van der Waals surface area contributed by atoms with Crippen LogP contribution in [-0.4, -0.2) is 13.1 Å². The first kappa shape index (κ1) is 13.8. The van der Waals surface area contributed by atoms with Crippen molar-refractivity contribution < 1.29 is 19.0 Å². The molecule has 3 rings (SSSR count). The van der Waals surface area contributed by atoms with Gasteiger partial charge in [0, 0.05) is 16.7 Å². The lowest BCUT2D eigenvalue weighted by molar-refractivity contribution is 0.111. The monoisotopic (exact) mass is 304 g/mol. The van der Waals surface area contributed by atoms with E-state index in [1.807, 2.05) is 25.1 Å². The van der Waals surface area contributed by atoms with Crippen LogP contribution in [0.2, 0.25) is 5.02 Å². The molecule has 0 saturated carbocycles. The van der Waals surface area contributed by atoms with Crippen LogP contribution in [0.25, 0.3) is 0 Å². The molecule has 108 valence electrons. The molecule has 0 saturated heterocycles. The quantitative estimate of drug-likeness (QED) is 0.807. The highest BCUT2D eigenvalue weighted by Crippen LogP contribution is 2.37. The first-order valence-corrected chi connectivity index (χ1v) is 6.82. The normalized spacial score (nSPS) is 12.3. The van der Waals surface area contributed by atoms with Crippen molar-refractivity contribution in [1.82, 2.24) is 0 Å². The smallest absolute Gasteiger partial charge is 0.231 e. The second-order valence-electron chi connectivity index (χ2n) is 4.74. The van der Waals surface area contributed by atoms with Crippen molar-refractivity contribution in [1.29, 1.82) is 0 Å². The molecule has 0 amide bonds. The summed E-state index contributed by atoms with van der Waals surface area (Å²) >= 11 is 6.17. The Morgan fingerprint density at radius 1 is 1.24 bits per heavy atom. The van der Waals surface area contributed by atoms with Crippen molar-refractivity contribution in [3.05, 3.63) is 52.0 Å². The Morgan fingerprint density at radius 3 is 2.71 bits per heavy atom. The first-order valence-electron chi connectivity index (χ1n) is 6.44. The van der Waals surface area contributed by atoms with Gasteiger partial charge in [0.2, 0.25) is 6.79 Å². The third-order valence-electron chi connectivity index (χ3n) is 3.22. The van der Waals surface area contributed by atoms with Crippen LogP contribution < -0.4 is 14.2 Å². The molecule has 0 fully saturated rings. The number of fused-ring (bicyclic) bond motifs is 1. The summed E-state index contributed by atoms with van der Waals surface area (Å²) in [6.07, 6.45) is 0.730. The molecule has 0 atom stereocenters. The van der Waals surface area contributed by atoms with Crippen LogP contribution in [0, 0.1) is 6.92 Å².